The molecule has 12 heavy (non-hydrogen) atoms. The van der Waals surface area contributed by atoms with E-state index in [1.807, 2.05) is 13.8 Å². The summed E-state index contributed by atoms with van der Waals surface area (Å²) >= 11 is 0. The van der Waals surface area contributed by atoms with Gasteiger partial charge in [0.2, 0.25) is 5.88 Å². The van der Waals surface area contributed by atoms with E-state index in [1.54, 1.807) is 16.8 Å². The number of aromatic nitrogens is 3. The quantitative estimate of drug-likeness (QED) is 0.631. The van der Waals surface area contributed by atoms with Crippen LogP contribution in [0.25, 0.3) is 5.52 Å². The summed E-state index contributed by atoms with van der Waals surface area (Å²) in [6.07, 6.45) is 1.78. The monoisotopic (exact) mass is 163 g/mol. The molecule has 4 heteroatoms. The third-order valence-corrected chi connectivity index (χ3v) is 1.75. The molecule has 62 valence electrons. The average molecular weight is 163 g/mol. The molecule has 0 aromatic carbocycles. The first kappa shape index (κ1) is 7.09. The molecule has 2 aromatic rings. The molecule has 0 aliphatic rings. The van der Waals surface area contributed by atoms with Crippen molar-refractivity contribution in [1.29, 1.82) is 0 Å². The molecule has 0 fully saturated rings. The molecule has 0 spiro atoms. The summed E-state index contributed by atoms with van der Waals surface area (Å²) in [4.78, 5) is 4.24. The van der Waals surface area contributed by atoms with Gasteiger partial charge in [0.05, 0.1) is 23.1 Å². The lowest BCUT2D eigenvalue weighted by molar-refractivity contribution is 0.449. The van der Waals surface area contributed by atoms with Crippen LogP contribution >= 0.6 is 0 Å². The maximum atomic E-state index is 9.11. The van der Waals surface area contributed by atoms with Crippen molar-refractivity contribution in [2.24, 2.45) is 0 Å². The Bertz CT molecular complexity index is 433. The van der Waals surface area contributed by atoms with Gasteiger partial charge in [0.25, 0.3) is 0 Å². The maximum Gasteiger partial charge on any atom is 0.231 e. The number of hydrogen-bond acceptors (Lipinski definition) is 3. The molecule has 4 nitrogen and oxygen atoms in total. The van der Waals surface area contributed by atoms with Crippen LogP contribution in [0, 0.1) is 13.8 Å². The lowest BCUT2D eigenvalue weighted by Gasteiger charge is -1.97. The Labute approximate surface area is 69.5 Å². The van der Waals surface area contributed by atoms with Gasteiger partial charge in [-0.2, -0.15) is 0 Å². The summed E-state index contributed by atoms with van der Waals surface area (Å²) in [5, 5.41) is 13.0. The van der Waals surface area contributed by atoms with Gasteiger partial charge in [-0.3, -0.25) is 4.98 Å². The zero-order valence-electron chi connectivity index (χ0n) is 6.94. The summed E-state index contributed by atoms with van der Waals surface area (Å²) in [6, 6.07) is 1.60. The van der Waals surface area contributed by atoms with E-state index < -0.39 is 0 Å². The number of rotatable bonds is 0. The molecule has 0 amide bonds. The molecule has 0 atom stereocenters. The van der Waals surface area contributed by atoms with E-state index in [4.69, 9.17) is 5.11 Å². The Morgan fingerprint density at radius 1 is 1.42 bits per heavy atom. The van der Waals surface area contributed by atoms with Gasteiger partial charge in [-0.1, -0.05) is 0 Å². The van der Waals surface area contributed by atoms with Crippen molar-refractivity contribution in [3.05, 3.63) is 23.7 Å². The predicted octanol–water partition coefficient (Wildman–Crippen LogP) is 1.05. The zero-order valence-corrected chi connectivity index (χ0v) is 6.94. The molecule has 0 unspecified atom stereocenters. The van der Waals surface area contributed by atoms with E-state index in [2.05, 4.69) is 10.1 Å². The van der Waals surface area contributed by atoms with Crippen LogP contribution in [0.1, 0.15) is 11.4 Å². The predicted molar refractivity (Wildman–Crippen MR) is 44.1 cm³/mol. The summed E-state index contributed by atoms with van der Waals surface area (Å²) < 4.78 is 1.63. The Morgan fingerprint density at radius 2 is 2.17 bits per heavy atom. The van der Waals surface area contributed by atoms with Crippen molar-refractivity contribution in [3.63, 3.8) is 0 Å². The van der Waals surface area contributed by atoms with E-state index in [0.29, 0.717) is 0 Å². The van der Waals surface area contributed by atoms with Crippen molar-refractivity contribution < 1.29 is 5.11 Å². The summed E-state index contributed by atoms with van der Waals surface area (Å²) in [6.45, 7) is 3.79. The summed E-state index contributed by atoms with van der Waals surface area (Å²) in [5.41, 5.74) is 2.61. The molecule has 0 saturated heterocycles. The summed E-state index contributed by atoms with van der Waals surface area (Å²) in [7, 11) is 0. The van der Waals surface area contributed by atoms with E-state index in [-0.39, 0.29) is 5.88 Å². The van der Waals surface area contributed by atoms with Crippen molar-refractivity contribution in [2.75, 3.05) is 0 Å². The van der Waals surface area contributed by atoms with Crippen molar-refractivity contribution in [2.45, 2.75) is 13.8 Å². The molecular weight excluding hydrogens is 154 g/mol. The molecule has 1 N–H and O–H groups in total. The number of aromatic hydroxyl groups is 1. The normalized spacial score (nSPS) is 10.8. The minimum absolute atomic E-state index is 0.0329. The fourth-order valence-corrected chi connectivity index (χ4v) is 1.28. The van der Waals surface area contributed by atoms with Gasteiger partial charge in [0, 0.05) is 6.07 Å². The third-order valence-electron chi connectivity index (χ3n) is 1.75. The first-order valence-corrected chi connectivity index (χ1v) is 3.69. The fraction of sp³-hybridized carbons (Fsp3) is 0.250. The van der Waals surface area contributed by atoms with Gasteiger partial charge < -0.3 is 5.11 Å². The second-order valence-electron chi connectivity index (χ2n) is 2.80. The van der Waals surface area contributed by atoms with E-state index in [9.17, 15) is 0 Å². The van der Waals surface area contributed by atoms with Crippen LogP contribution in [0.5, 0.6) is 5.88 Å². The van der Waals surface area contributed by atoms with Crippen LogP contribution in [0.3, 0.4) is 0 Å². The van der Waals surface area contributed by atoms with Crippen molar-refractivity contribution in [1.82, 2.24) is 14.6 Å². The van der Waals surface area contributed by atoms with E-state index in [0.717, 1.165) is 16.9 Å². The zero-order chi connectivity index (χ0) is 8.72. The summed E-state index contributed by atoms with van der Waals surface area (Å²) in [5.74, 6) is 0.0329. The van der Waals surface area contributed by atoms with Gasteiger partial charge in [-0.15, -0.1) is 5.10 Å². The largest absolute Gasteiger partial charge is 0.492 e. The second kappa shape index (κ2) is 2.20. The molecule has 0 saturated carbocycles. The first-order chi connectivity index (χ1) is 5.66. The third kappa shape index (κ3) is 0.922. The van der Waals surface area contributed by atoms with Crippen LogP contribution in [-0.4, -0.2) is 19.7 Å². The average Bonchev–Trinajstić information content (AvgIpc) is 2.29. The first-order valence-electron chi connectivity index (χ1n) is 3.69. The fourth-order valence-electron chi connectivity index (χ4n) is 1.28. The molecule has 2 rings (SSSR count). The molecule has 2 aromatic heterocycles. The van der Waals surface area contributed by atoms with Crippen LogP contribution in [0.4, 0.5) is 0 Å². The Kier molecular flexibility index (Phi) is 1.30. The van der Waals surface area contributed by atoms with Gasteiger partial charge in [0.1, 0.15) is 0 Å². The number of hydrogen-bond donors (Lipinski definition) is 1. The molecule has 2 heterocycles. The van der Waals surface area contributed by atoms with Gasteiger partial charge in [0.15, 0.2) is 0 Å². The topological polar surface area (TPSA) is 50.4 Å². The van der Waals surface area contributed by atoms with Gasteiger partial charge in [-0.25, -0.2) is 4.52 Å². The Balaban J connectivity index is 2.88. The van der Waals surface area contributed by atoms with Crippen LogP contribution < -0.4 is 0 Å². The van der Waals surface area contributed by atoms with Crippen LogP contribution in [0.15, 0.2) is 12.3 Å². The molecule has 0 radical (unpaired) electrons. The lowest BCUT2D eigenvalue weighted by Crippen LogP contribution is -1.94. The molecule has 0 bridgehead atoms. The molecule has 0 aliphatic carbocycles. The lowest BCUT2D eigenvalue weighted by atomic mass is 10.3. The number of fused-ring (bicyclic) bond motifs is 1. The minimum atomic E-state index is 0.0329. The van der Waals surface area contributed by atoms with E-state index in [1.165, 1.54) is 0 Å². The highest BCUT2D eigenvalue weighted by molar-refractivity contribution is 5.53. The van der Waals surface area contributed by atoms with Crippen LogP contribution in [0.2, 0.25) is 0 Å². The number of aryl methyl sites for hydroxylation is 2. The van der Waals surface area contributed by atoms with Crippen LogP contribution in [-0.2, 0) is 0 Å². The van der Waals surface area contributed by atoms with Gasteiger partial charge >= 0.3 is 0 Å². The SMILES string of the molecule is Cc1cn2nc(O)cc2c(C)n1. The van der Waals surface area contributed by atoms with Crippen molar-refractivity contribution >= 4 is 5.52 Å². The highest BCUT2D eigenvalue weighted by Crippen LogP contribution is 2.13. The minimum Gasteiger partial charge on any atom is -0.492 e. The highest BCUT2D eigenvalue weighted by Gasteiger charge is 2.03. The van der Waals surface area contributed by atoms with Crippen molar-refractivity contribution in [3.8, 4) is 5.88 Å². The second-order valence-corrected chi connectivity index (χ2v) is 2.80. The maximum absolute atomic E-state index is 9.11. The van der Waals surface area contributed by atoms with E-state index >= 15 is 0 Å². The Morgan fingerprint density at radius 3 is 2.92 bits per heavy atom. The standard InChI is InChI=1S/C8H9N3O/c1-5-4-11-7(6(2)9-5)3-8(12)10-11/h3-4H,1-2H3,(H,10,12). The number of nitrogens with zero attached hydrogens (tertiary/aromatic N) is 3. The molecular formula is C8H9N3O. The molecule has 0 aliphatic heterocycles. The highest BCUT2D eigenvalue weighted by atomic mass is 16.3. The Hall–Kier alpha value is -1.58. The smallest absolute Gasteiger partial charge is 0.231 e. The van der Waals surface area contributed by atoms with Gasteiger partial charge in [-0.05, 0) is 13.8 Å².